The number of hydrogen-bond acceptors (Lipinski definition) is 4. The molecule has 25 heavy (non-hydrogen) atoms. The third-order valence-corrected chi connectivity index (χ3v) is 5.11. The maximum absolute atomic E-state index is 13.0. The van der Waals surface area contributed by atoms with Crippen LogP contribution in [-0.4, -0.2) is 59.7 Å². The van der Waals surface area contributed by atoms with Crippen LogP contribution in [0.4, 0.5) is 4.79 Å². The van der Waals surface area contributed by atoms with E-state index < -0.39 is 6.04 Å². The average Bonchev–Trinajstić information content (AvgIpc) is 3.22. The summed E-state index contributed by atoms with van der Waals surface area (Å²) >= 11 is 0. The van der Waals surface area contributed by atoms with Crippen LogP contribution in [0, 0.1) is 0 Å². The lowest BCUT2D eigenvalue weighted by atomic mass is 9.95. The van der Waals surface area contributed by atoms with Gasteiger partial charge in [-0.3, -0.25) is 9.69 Å². The zero-order valence-electron chi connectivity index (χ0n) is 14.1. The molecular formula is C18H21N3O4. The number of amides is 3. The van der Waals surface area contributed by atoms with Gasteiger partial charge in [0.1, 0.15) is 5.75 Å². The number of aromatic hydroxyl groups is 1. The van der Waals surface area contributed by atoms with Crippen LogP contribution in [0.1, 0.15) is 24.4 Å². The first-order valence-corrected chi connectivity index (χ1v) is 8.51. The first kappa shape index (κ1) is 16.0. The van der Waals surface area contributed by atoms with E-state index in [1.807, 2.05) is 0 Å². The van der Waals surface area contributed by atoms with E-state index in [0.29, 0.717) is 18.7 Å². The van der Waals surface area contributed by atoms with Crippen LogP contribution in [-0.2, 0) is 9.53 Å². The fourth-order valence-corrected chi connectivity index (χ4v) is 3.72. The highest BCUT2D eigenvalue weighted by Crippen LogP contribution is 2.36. The number of carbonyl (C=O) groups excluding carboxylic acids is 2. The Morgan fingerprint density at radius 2 is 2.04 bits per heavy atom. The van der Waals surface area contributed by atoms with E-state index in [9.17, 15) is 14.7 Å². The fourth-order valence-electron chi connectivity index (χ4n) is 3.72. The predicted molar refractivity (Wildman–Crippen MR) is 89.7 cm³/mol. The maximum Gasteiger partial charge on any atom is 0.322 e. The van der Waals surface area contributed by atoms with Crippen molar-refractivity contribution in [2.75, 3.05) is 26.7 Å². The van der Waals surface area contributed by atoms with Gasteiger partial charge in [-0.25, -0.2) is 4.79 Å². The average molecular weight is 343 g/mol. The zero-order valence-corrected chi connectivity index (χ0v) is 14.1. The van der Waals surface area contributed by atoms with E-state index in [1.165, 1.54) is 4.90 Å². The second-order valence-corrected chi connectivity index (χ2v) is 6.71. The number of likely N-dealkylation sites (N-methyl/N-ethyl adjacent to an activating group) is 1. The summed E-state index contributed by atoms with van der Waals surface area (Å²) in [5.74, 6) is 0.0883. The van der Waals surface area contributed by atoms with Gasteiger partial charge < -0.3 is 20.1 Å². The molecule has 3 heterocycles. The minimum absolute atomic E-state index is 0.0598. The summed E-state index contributed by atoms with van der Waals surface area (Å²) in [4.78, 5) is 28.6. The molecule has 0 radical (unpaired) electrons. The first-order chi connectivity index (χ1) is 12.0. The molecule has 0 bridgehead atoms. The lowest BCUT2D eigenvalue weighted by Crippen LogP contribution is -2.45. The summed E-state index contributed by atoms with van der Waals surface area (Å²) in [6, 6.07) is 5.84. The molecule has 0 aliphatic carbocycles. The van der Waals surface area contributed by atoms with Crippen molar-refractivity contribution in [1.82, 2.24) is 15.1 Å². The lowest BCUT2D eigenvalue weighted by molar-refractivity contribution is -0.127. The molecule has 3 aliphatic rings. The van der Waals surface area contributed by atoms with Crippen molar-refractivity contribution < 1.29 is 19.4 Å². The number of phenolic OH excluding ortho intramolecular Hbond substituents is 1. The molecule has 0 spiro atoms. The first-order valence-electron chi connectivity index (χ1n) is 8.51. The SMILES string of the molecule is CN1C(=O)N[C@H](c2ccc(O)cc2)C2=C1CN(C[C@H]1CCCO1)C2=O. The Labute approximate surface area is 145 Å². The van der Waals surface area contributed by atoms with E-state index in [4.69, 9.17) is 4.74 Å². The summed E-state index contributed by atoms with van der Waals surface area (Å²) in [7, 11) is 1.68. The number of ether oxygens (including phenoxy) is 1. The summed E-state index contributed by atoms with van der Waals surface area (Å²) in [5, 5.41) is 12.4. The maximum atomic E-state index is 13.0. The number of carbonyl (C=O) groups is 2. The molecule has 2 N–H and O–H groups in total. The van der Waals surface area contributed by atoms with Crippen LogP contribution >= 0.6 is 0 Å². The van der Waals surface area contributed by atoms with Crippen LogP contribution in [0.25, 0.3) is 0 Å². The van der Waals surface area contributed by atoms with E-state index in [1.54, 1.807) is 36.2 Å². The van der Waals surface area contributed by atoms with Gasteiger partial charge in [0, 0.05) is 20.2 Å². The van der Waals surface area contributed by atoms with Gasteiger partial charge in [0.25, 0.3) is 5.91 Å². The summed E-state index contributed by atoms with van der Waals surface area (Å²) < 4.78 is 5.65. The normalized spacial score (nSPS) is 26.3. The van der Waals surface area contributed by atoms with Gasteiger partial charge in [0.2, 0.25) is 0 Å². The Morgan fingerprint density at radius 1 is 1.28 bits per heavy atom. The van der Waals surface area contributed by atoms with Crippen LogP contribution in [0.15, 0.2) is 35.5 Å². The predicted octanol–water partition coefficient (Wildman–Crippen LogP) is 1.36. The van der Waals surface area contributed by atoms with Crippen LogP contribution in [0.2, 0.25) is 0 Å². The van der Waals surface area contributed by atoms with E-state index >= 15 is 0 Å². The topological polar surface area (TPSA) is 82.1 Å². The molecule has 7 heteroatoms. The van der Waals surface area contributed by atoms with Gasteiger partial charge in [0.15, 0.2) is 0 Å². The van der Waals surface area contributed by atoms with Crippen LogP contribution in [0.5, 0.6) is 5.75 Å². The van der Waals surface area contributed by atoms with Crippen LogP contribution < -0.4 is 5.32 Å². The third kappa shape index (κ3) is 2.74. The van der Waals surface area contributed by atoms with Crippen molar-refractivity contribution in [2.24, 2.45) is 0 Å². The summed E-state index contributed by atoms with van der Waals surface area (Å²) in [5.41, 5.74) is 2.12. The monoisotopic (exact) mass is 343 g/mol. The molecule has 132 valence electrons. The molecule has 1 saturated heterocycles. The molecule has 1 aromatic carbocycles. The molecule has 2 atom stereocenters. The van der Waals surface area contributed by atoms with E-state index in [0.717, 1.165) is 30.7 Å². The van der Waals surface area contributed by atoms with Gasteiger partial charge >= 0.3 is 6.03 Å². The Kier molecular flexibility index (Phi) is 3.88. The van der Waals surface area contributed by atoms with Gasteiger partial charge in [-0.2, -0.15) is 0 Å². The Bertz CT molecular complexity index is 737. The Balaban J connectivity index is 1.64. The smallest absolute Gasteiger partial charge is 0.322 e. The van der Waals surface area contributed by atoms with E-state index in [-0.39, 0.29) is 23.8 Å². The van der Waals surface area contributed by atoms with Crippen molar-refractivity contribution in [3.05, 3.63) is 41.1 Å². The molecule has 7 nitrogen and oxygen atoms in total. The van der Waals surface area contributed by atoms with Crippen LogP contribution in [0.3, 0.4) is 0 Å². The molecule has 3 amide bonds. The molecular weight excluding hydrogens is 322 g/mol. The molecule has 4 rings (SSSR count). The van der Waals surface area contributed by atoms with Crippen molar-refractivity contribution in [3.63, 3.8) is 0 Å². The molecule has 1 fully saturated rings. The number of benzene rings is 1. The second kappa shape index (κ2) is 6.07. The molecule has 0 aromatic heterocycles. The molecule has 1 aromatic rings. The van der Waals surface area contributed by atoms with Crippen molar-refractivity contribution >= 4 is 11.9 Å². The number of urea groups is 1. The van der Waals surface area contributed by atoms with E-state index in [2.05, 4.69) is 5.32 Å². The van der Waals surface area contributed by atoms with Gasteiger partial charge in [-0.1, -0.05) is 12.1 Å². The number of nitrogens with one attached hydrogen (secondary N) is 1. The molecule has 3 aliphatic heterocycles. The standard InChI is InChI=1S/C18H21N3O4/c1-20-14-10-21(9-13-3-2-8-25-13)17(23)15(14)16(19-18(20)24)11-4-6-12(22)7-5-11/h4-7,13,16,22H,2-3,8-10H2,1H3,(H,19,24)/t13-,16-/m1/s1. The Morgan fingerprint density at radius 3 is 2.72 bits per heavy atom. The minimum Gasteiger partial charge on any atom is -0.508 e. The fraction of sp³-hybridized carbons (Fsp3) is 0.444. The largest absolute Gasteiger partial charge is 0.508 e. The quantitative estimate of drug-likeness (QED) is 0.868. The third-order valence-electron chi connectivity index (χ3n) is 5.11. The highest BCUT2D eigenvalue weighted by molar-refractivity contribution is 6.01. The highest BCUT2D eigenvalue weighted by atomic mass is 16.5. The van der Waals surface area contributed by atoms with Crippen molar-refractivity contribution in [3.8, 4) is 5.75 Å². The van der Waals surface area contributed by atoms with Crippen molar-refractivity contribution in [2.45, 2.75) is 25.0 Å². The highest BCUT2D eigenvalue weighted by Gasteiger charge is 2.43. The zero-order chi connectivity index (χ0) is 17.6. The summed E-state index contributed by atoms with van der Waals surface area (Å²) in [6.45, 7) is 1.72. The minimum atomic E-state index is -0.499. The number of phenols is 1. The number of nitrogens with zero attached hydrogens (tertiary/aromatic N) is 2. The Hall–Kier alpha value is -2.54. The lowest BCUT2D eigenvalue weighted by Gasteiger charge is -2.31. The molecule has 0 saturated carbocycles. The second-order valence-electron chi connectivity index (χ2n) is 6.71. The van der Waals surface area contributed by atoms with Gasteiger partial charge in [-0.05, 0) is 30.5 Å². The van der Waals surface area contributed by atoms with Crippen molar-refractivity contribution in [1.29, 1.82) is 0 Å². The number of hydrogen-bond donors (Lipinski definition) is 2. The van der Waals surface area contributed by atoms with Gasteiger partial charge in [0.05, 0.1) is 30.0 Å². The van der Waals surface area contributed by atoms with Gasteiger partial charge in [-0.15, -0.1) is 0 Å². The summed E-state index contributed by atoms with van der Waals surface area (Å²) in [6.07, 6.45) is 2.06. The molecule has 0 unspecified atom stereocenters. The number of rotatable bonds is 3.